The van der Waals surface area contributed by atoms with Crippen LogP contribution >= 0.6 is 11.6 Å². The van der Waals surface area contributed by atoms with Crippen molar-refractivity contribution in [1.82, 2.24) is 0 Å². The van der Waals surface area contributed by atoms with Crippen LogP contribution in [0.4, 0.5) is 13.2 Å². The van der Waals surface area contributed by atoms with Gasteiger partial charge in [0.15, 0.2) is 0 Å². The Morgan fingerprint density at radius 3 is 2.50 bits per heavy atom. The first-order valence-corrected chi connectivity index (χ1v) is 7.38. The topological polar surface area (TPSA) is 55.8 Å². The molecule has 1 N–H and O–H groups in total. The first-order chi connectivity index (χ1) is 11.8. The molecule has 1 heterocycles. The summed E-state index contributed by atoms with van der Waals surface area (Å²) in [7, 11) is 0. The second kappa shape index (κ2) is 7.92. The Bertz CT molecular complexity index is 867. The molecule has 26 heavy (non-hydrogen) atoms. The predicted molar refractivity (Wildman–Crippen MR) is 91.2 cm³/mol. The third kappa shape index (κ3) is 4.35. The van der Waals surface area contributed by atoms with E-state index in [9.17, 15) is 18.0 Å². The number of aliphatic carboxylic acids is 1. The third-order valence-corrected chi connectivity index (χ3v) is 3.66. The average Bonchev–Trinajstić information content (AvgIpc) is 2.53. The monoisotopic (exact) mass is 394 g/mol. The maximum absolute atomic E-state index is 13.1. The molecule has 3 rings (SSSR count). The maximum atomic E-state index is 13.1. The molecular formula is C17H11ClF3NaO4. The van der Waals surface area contributed by atoms with Gasteiger partial charge in [-0.15, -0.1) is 0 Å². The molecule has 0 fully saturated rings. The van der Waals surface area contributed by atoms with Gasteiger partial charge in [0.1, 0.15) is 17.2 Å². The van der Waals surface area contributed by atoms with Crippen molar-refractivity contribution < 1.29 is 32.5 Å². The van der Waals surface area contributed by atoms with E-state index < -0.39 is 23.8 Å². The summed E-state index contributed by atoms with van der Waals surface area (Å²) in [5.74, 6) is -1.33. The van der Waals surface area contributed by atoms with Gasteiger partial charge in [0, 0.05) is 5.02 Å². The molecule has 132 valence electrons. The number of ether oxygens (including phenoxy) is 2. The second-order valence-electron chi connectivity index (χ2n) is 5.17. The van der Waals surface area contributed by atoms with Crippen molar-refractivity contribution >= 4 is 53.2 Å². The number of rotatable bonds is 3. The van der Waals surface area contributed by atoms with Crippen LogP contribution in [-0.4, -0.2) is 52.9 Å². The van der Waals surface area contributed by atoms with Gasteiger partial charge >= 0.3 is 41.7 Å². The van der Waals surface area contributed by atoms with Gasteiger partial charge in [-0.3, -0.25) is 0 Å². The summed E-state index contributed by atoms with van der Waals surface area (Å²) < 4.78 is 49.7. The molecule has 1 unspecified atom stereocenters. The van der Waals surface area contributed by atoms with Crippen molar-refractivity contribution in [3.8, 4) is 17.2 Å². The fourth-order valence-corrected chi connectivity index (χ4v) is 2.53. The molecule has 0 saturated carbocycles. The van der Waals surface area contributed by atoms with E-state index in [1.807, 2.05) is 0 Å². The van der Waals surface area contributed by atoms with Gasteiger partial charge in [0.2, 0.25) is 6.10 Å². The Morgan fingerprint density at radius 2 is 1.88 bits per heavy atom. The summed E-state index contributed by atoms with van der Waals surface area (Å²) in [6.45, 7) is 0. The summed E-state index contributed by atoms with van der Waals surface area (Å²) in [4.78, 5) is 11.2. The first-order valence-electron chi connectivity index (χ1n) is 7.00. The van der Waals surface area contributed by atoms with Crippen molar-refractivity contribution in [1.29, 1.82) is 0 Å². The van der Waals surface area contributed by atoms with Crippen molar-refractivity contribution in [3.05, 3.63) is 58.6 Å². The molecular weight excluding hydrogens is 384 g/mol. The third-order valence-electron chi connectivity index (χ3n) is 3.42. The van der Waals surface area contributed by atoms with Gasteiger partial charge in [0.25, 0.3) is 0 Å². The molecule has 2 aromatic carbocycles. The summed E-state index contributed by atoms with van der Waals surface area (Å²) in [6, 6.07) is 10.7. The number of carboxylic acid groups (broad SMARTS) is 1. The zero-order chi connectivity index (χ0) is 18.2. The van der Waals surface area contributed by atoms with Gasteiger partial charge in [0.05, 0.1) is 11.1 Å². The standard InChI is InChI=1S/C17H10ClF3O4.Na.H/c18-9-3-1-4-10(7-9)24-13-5-2-6-14-11(13)8-12(16(22)23)15(25-14)17(19,20)21;;/h1-8,15H,(H,22,23);;. The fourth-order valence-electron chi connectivity index (χ4n) is 2.35. The number of fused-ring (bicyclic) bond motifs is 1. The summed E-state index contributed by atoms with van der Waals surface area (Å²) in [5, 5.41) is 9.52. The summed E-state index contributed by atoms with van der Waals surface area (Å²) in [5.41, 5.74) is -0.803. The van der Waals surface area contributed by atoms with Crippen LogP contribution in [0.15, 0.2) is 48.0 Å². The Kier molecular flexibility index (Phi) is 6.29. The van der Waals surface area contributed by atoms with E-state index in [4.69, 9.17) is 26.2 Å². The summed E-state index contributed by atoms with van der Waals surface area (Å²) >= 11 is 5.87. The normalized spacial score (nSPS) is 15.8. The predicted octanol–water partition coefficient (Wildman–Crippen LogP) is 4.28. The Hall–Kier alpha value is -1.67. The molecule has 1 atom stereocenters. The molecule has 0 spiro atoms. The van der Waals surface area contributed by atoms with Crippen LogP contribution in [0.5, 0.6) is 17.2 Å². The van der Waals surface area contributed by atoms with E-state index in [0.717, 1.165) is 6.08 Å². The Morgan fingerprint density at radius 1 is 1.19 bits per heavy atom. The van der Waals surface area contributed by atoms with Crippen molar-refractivity contribution in [2.45, 2.75) is 12.3 Å². The number of halogens is 4. The molecule has 0 aliphatic carbocycles. The molecule has 0 aromatic heterocycles. The van der Waals surface area contributed by atoms with E-state index in [0.29, 0.717) is 10.8 Å². The van der Waals surface area contributed by atoms with Crippen LogP contribution in [0.1, 0.15) is 5.56 Å². The average molecular weight is 395 g/mol. The molecule has 0 bridgehead atoms. The molecule has 9 heteroatoms. The molecule has 0 saturated heterocycles. The zero-order valence-electron chi connectivity index (χ0n) is 12.4. The second-order valence-corrected chi connectivity index (χ2v) is 5.61. The van der Waals surface area contributed by atoms with Crippen LogP contribution in [0.3, 0.4) is 0 Å². The van der Waals surface area contributed by atoms with Crippen molar-refractivity contribution in [2.24, 2.45) is 0 Å². The SMILES string of the molecule is O=C(O)C1=Cc2c(Oc3cccc(Cl)c3)cccc2OC1C(F)(F)F.[NaH]. The minimum absolute atomic E-state index is 0. The molecule has 0 radical (unpaired) electrons. The van der Waals surface area contributed by atoms with Gasteiger partial charge < -0.3 is 14.6 Å². The first kappa shape index (κ1) is 20.6. The Labute approximate surface area is 173 Å². The van der Waals surface area contributed by atoms with Gasteiger partial charge in [-0.25, -0.2) is 4.79 Å². The van der Waals surface area contributed by atoms with Crippen LogP contribution in [0.25, 0.3) is 6.08 Å². The van der Waals surface area contributed by atoms with Crippen LogP contribution in [0, 0.1) is 0 Å². The number of carbonyl (C=O) groups is 1. The number of hydrogen-bond donors (Lipinski definition) is 1. The van der Waals surface area contributed by atoms with E-state index in [1.165, 1.54) is 24.3 Å². The molecule has 4 nitrogen and oxygen atoms in total. The van der Waals surface area contributed by atoms with E-state index in [2.05, 4.69) is 0 Å². The number of alkyl halides is 3. The molecule has 1 aliphatic heterocycles. The van der Waals surface area contributed by atoms with Crippen molar-refractivity contribution in [3.63, 3.8) is 0 Å². The number of hydrogen-bond acceptors (Lipinski definition) is 3. The van der Waals surface area contributed by atoms with Crippen molar-refractivity contribution in [2.75, 3.05) is 0 Å². The zero-order valence-corrected chi connectivity index (χ0v) is 13.1. The van der Waals surface area contributed by atoms with Gasteiger partial charge in [-0.1, -0.05) is 23.7 Å². The van der Waals surface area contributed by atoms with Crippen LogP contribution < -0.4 is 9.47 Å². The minimum atomic E-state index is -4.86. The van der Waals surface area contributed by atoms with Gasteiger partial charge in [-0.05, 0) is 36.4 Å². The number of carboxylic acids is 1. The van der Waals surface area contributed by atoms with E-state index in [1.54, 1.807) is 18.2 Å². The fraction of sp³-hybridized carbons (Fsp3) is 0.118. The Balaban J connectivity index is 0.00000243. The quantitative estimate of drug-likeness (QED) is 0.790. The van der Waals surface area contributed by atoms with Crippen LogP contribution in [-0.2, 0) is 4.79 Å². The van der Waals surface area contributed by atoms with Crippen LogP contribution in [0.2, 0.25) is 5.02 Å². The summed E-state index contributed by atoms with van der Waals surface area (Å²) in [6.07, 6.45) is -6.48. The van der Waals surface area contributed by atoms with Gasteiger partial charge in [-0.2, -0.15) is 13.2 Å². The van der Waals surface area contributed by atoms with E-state index in [-0.39, 0.29) is 46.6 Å². The van der Waals surface area contributed by atoms with E-state index >= 15 is 0 Å². The number of benzene rings is 2. The molecule has 0 amide bonds. The molecule has 2 aromatic rings. The molecule has 1 aliphatic rings.